The highest BCUT2D eigenvalue weighted by atomic mass is 35.5. The number of nitrogens with one attached hydrogen (secondary N) is 2. The number of benzene rings is 2. The van der Waals surface area contributed by atoms with Crippen molar-refractivity contribution in [3.8, 4) is 16.9 Å². The maximum atomic E-state index is 12.4. The van der Waals surface area contributed by atoms with Crippen molar-refractivity contribution in [3.05, 3.63) is 60.1 Å². The molecule has 2 N–H and O–H groups in total. The molecule has 0 saturated heterocycles. The van der Waals surface area contributed by atoms with Gasteiger partial charge in [0.05, 0.1) is 11.7 Å². The molecule has 0 radical (unpaired) electrons. The zero-order chi connectivity index (χ0) is 18.6. The number of ether oxygens (including phenoxy) is 1. The van der Waals surface area contributed by atoms with Crippen LogP contribution >= 0.6 is 11.6 Å². The number of hydrogen-bond acceptors (Lipinski definition) is 5. The fourth-order valence-electron chi connectivity index (χ4n) is 2.71. The van der Waals surface area contributed by atoms with Gasteiger partial charge in [-0.2, -0.15) is 10.1 Å². The van der Waals surface area contributed by atoms with Crippen molar-refractivity contribution in [2.75, 3.05) is 18.6 Å². The molecule has 27 heavy (non-hydrogen) atoms. The molecule has 136 valence electrons. The molecular weight excluding hydrogens is 369 g/mol. The van der Waals surface area contributed by atoms with E-state index < -0.39 is 6.67 Å². The summed E-state index contributed by atoms with van der Waals surface area (Å²) >= 11 is 6.05. The molecule has 6 nitrogen and oxygen atoms in total. The predicted molar refractivity (Wildman–Crippen MR) is 103 cm³/mol. The van der Waals surface area contributed by atoms with Gasteiger partial charge in [0.1, 0.15) is 24.8 Å². The highest BCUT2D eigenvalue weighted by molar-refractivity contribution is 6.28. The number of anilines is 2. The Bertz CT molecular complexity index is 1050. The molecule has 0 saturated carbocycles. The number of rotatable bonds is 6. The number of nitrogens with zero attached hydrogens (tertiary/aromatic N) is 3. The number of fused-ring (bicyclic) bond motifs is 1. The normalized spacial score (nSPS) is 10.9. The summed E-state index contributed by atoms with van der Waals surface area (Å²) in [7, 11) is 0. The molecule has 2 heterocycles. The van der Waals surface area contributed by atoms with Crippen LogP contribution in [0.2, 0.25) is 5.28 Å². The van der Waals surface area contributed by atoms with Crippen LogP contribution in [0.5, 0.6) is 5.75 Å². The van der Waals surface area contributed by atoms with Gasteiger partial charge in [0, 0.05) is 22.8 Å². The Morgan fingerprint density at radius 3 is 2.67 bits per heavy atom. The Labute approximate surface area is 159 Å². The van der Waals surface area contributed by atoms with Crippen molar-refractivity contribution < 1.29 is 9.13 Å². The Balaban J connectivity index is 1.65. The van der Waals surface area contributed by atoms with Gasteiger partial charge in [-0.25, -0.2) is 9.37 Å². The molecule has 8 heteroatoms. The first-order valence-corrected chi connectivity index (χ1v) is 8.63. The fourth-order valence-corrected chi connectivity index (χ4v) is 2.89. The van der Waals surface area contributed by atoms with E-state index in [1.165, 1.54) is 0 Å². The lowest BCUT2D eigenvalue weighted by atomic mass is 10.1. The van der Waals surface area contributed by atoms with E-state index in [1.54, 1.807) is 24.4 Å². The summed E-state index contributed by atoms with van der Waals surface area (Å²) in [6.45, 7) is -0.554. The molecule has 0 atom stereocenters. The average molecular weight is 384 g/mol. The van der Waals surface area contributed by atoms with E-state index in [0.717, 1.165) is 22.2 Å². The highest BCUT2D eigenvalue weighted by Crippen LogP contribution is 2.29. The lowest BCUT2D eigenvalue weighted by Crippen LogP contribution is -2.00. The summed E-state index contributed by atoms with van der Waals surface area (Å²) in [5.41, 5.74) is 3.56. The van der Waals surface area contributed by atoms with Crippen LogP contribution in [0.1, 0.15) is 0 Å². The molecule has 0 amide bonds. The molecule has 0 aliphatic heterocycles. The molecular formula is C19H15ClFN5O. The topological polar surface area (TPSA) is 75.7 Å². The van der Waals surface area contributed by atoms with Crippen molar-refractivity contribution in [2.24, 2.45) is 0 Å². The summed E-state index contributed by atoms with van der Waals surface area (Å²) in [4.78, 5) is 8.51. The number of aromatic amines is 1. The second-order valence-electron chi connectivity index (χ2n) is 5.75. The van der Waals surface area contributed by atoms with Gasteiger partial charge in [-0.1, -0.05) is 12.1 Å². The minimum atomic E-state index is -0.552. The molecule has 2 aromatic heterocycles. The molecule has 0 spiro atoms. The van der Waals surface area contributed by atoms with Crippen LogP contribution in [0, 0.1) is 0 Å². The molecule has 4 aromatic rings. The average Bonchev–Trinajstić information content (AvgIpc) is 3.22. The first kappa shape index (κ1) is 17.2. The Morgan fingerprint density at radius 1 is 1.07 bits per heavy atom. The minimum absolute atomic E-state index is 0.00180. The molecule has 4 rings (SSSR count). The number of alkyl halides is 1. The number of halogens is 2. The van der Waals surface area contributed by atoms with Gasteiger partial charge in [0.2, 0.25) is 5.28 Å². The summed E-state index contributed by atoms with van der Waals surface area (Å²) in [5.74, 6) is 1.09. The van der Waals surface area contributed by atoms with Crippen LogP contribution in [-0.4, -0.2) is 33.4 Å². The van der Waals surface area contributed by atoms with E-state index in [1.807, 2.05) is 30.5 Å². The highest BCUT2D eigenvalue weighted by Gasteiger charge is 2.09. The largest absolute Gasteiger partial charge is 0.491 e. The van der Waals surface area contributed by atoms with E-state index in [-0.39, 0.29) is 11.9 Å². The van der Waals surface area contributed by atoms with Crippen LogP contribution in [-0.2, 0) is 0 Å². The van der Waals surface area contributed by atoms with Crippen molar-refractivity contribution in [1.29, 1.82) is 0 Å². The first-order valence-electron chi connectivity index (χ1n) is 8.25. The summed E-state index contributed by atoms with van der Waals surface area (Å²) in [6.07, 6.45) is 3.60. The minimum Gasteiger partial charge on any atom is -0.491 e. The van der Waals surface area contributed by atoms with Crippen molar-refractivity contribution in [2.45, 2.75) is 0 Å². The van der Waals surface area contributed by atoms with Gasteiger partial charge in [0.15, 0.2) is 0 Å². The third-order valence-corrected chi connectivity index (χ3v) is 4.13. The molecule has 0 bridgehead atoms. The van der Waals surface area contributed by atoms with E-state index in [0.29, 0.717) is 17.1 Å². The smallest absolute Gasteiger partial charge is 0.224 e. The van der Waals surface area contributed by atoms with Crippen LogP contribution in [0.3, 0.4) is 0 Å². The summed E-state index contributed by atoms with van der Waals surface area (Å²) < 4.78 is 17.7. The lowest BCUT2D eigenvalue weighted by Gasteiger charge is -2.11. The van der Waals surface area contributed by atoms with Crippen molar-refractivity contribution >= 4 is 34.0 Å². The summed E-state index contributed by atoms with van der Waals surface area (Å²) in [6, 6.07) is 13.1. The second-order valence-corrected chi connectivity index (χ2v) is 6.09. The maximum Gasteiger partial charge on any atom is 0.224 e. The first-order chi connectivity index (χ1) is 13.2. The Hall–Kier alpha value is -3.19. The zero-order valence-electron chi connectivity index (χ0n) is 14.1. The quantitative estimate of drug-likeness (QED) is 0.469. The van der Waals surface area contributed by atoms with Crippen molar-refractivity contribution in [1.82, 2.24) is 20.2 Å². The molecule has 0 aliphatic rings. The van der Waals surface area contributed by atoms with Gasteiger partial charge >= 0.3 is 0 Å². The Morgan fingerprint density at radius 2 is 1.93 bits per heavy atom. The van der Waals surface area contributed by atoms with Crippen LogP contribution in [0.4, 0.5) is 15.9 Å². The predicted octanol–water partition coefficient (Wildman–Crippen LogP) is 4.77. The third-order valence-electron chi connectivity index (χ3n) is 3.96. The standard InChI is InChI=1S/C19H15ClFN5O/c20-19-25-17-6-5-15(27-8-7-21)9-16(17)18(26-19)24-14-3-1-12(2-4-14)13-10-22-23-11-13/h1-6,9-11H,7-8H2,(H,22,23)(H,24,25,26). The number of aromatic nitrogens is 4. The monoisotopic (exact) mass is 383 g/mol. The fraction of sp³-hybridized carbons (Fsp3) is 0.105. The number of hydrogen-bond donors (Lipinski definition) is 2. The maximum absolute atomic E-state index is 12.4. The van der Waals surface area contributed by atoms with Gasteiger partial charge in [-0.05, 0) is 47.5 Å². The SMILES string of the molecule is FCCOc1ccc2nc(Cl)nc(Nc3ccc(-c4cn[nH]c4)cc3)c2c1. The summed E-state index contributed by atoms with van der Waals surface area (Å²) in [5, 5.41) is 10.9. The van der Waals surface area contributed by atoms with Crippen LogP contribution < -0.4 is 10.1 Å². The van der Waals surface area contributed by atoms with Gasteiger partial charge < -0.3 is 10.1 Å². The van der Waals surface area contributed by atoms with Crippen molar-refractivity contribution in [3.63, 3.8) is 0 Å². The van der Waals surface area contributed by atoms with E-state index in [2.05, 4.69) is 25.5 Å². The van der Waals surface area contributed by atoms with Crippen LogP contribution in [0.15, 0.2) is 54.9 Å². The van der Waals surface area contributed by atoms with Gasteiger partial charge in [-0.3, -0.25) is 5.10 Å². The third kappa shape index (κ3) is 3.83. The van der Waals surface area contributed by atoms with Crippen LogP contribution in [0.25, 0.3) is 22.0 Å². The van der Waals surface area contributed by atoms with E-state index >= 15 is 0 Å². The molecule has 0 fully saturated rings. The number of H-pyrrole nitrogens is 1. The van der Waals surface area contributed by atoms with E-state index in [4.69, 9.17) is 16.3 Å². The molecule has 0 aliphatic carbocycles. The molecule has 2 aromatic carbocycles. The van der Waals surface area contributed by atoms with E-state index in [9.17, 15) is 4.39 Å². The van der Waals surface area contributed by atoms with Gasteiger partial charge in [0.25, 0.3) is 0 Å². The molecule has 0 unspecified atom stereocenters. The lowest BCUT2D eigenvalue weighted by molar-refractivity contribution is 0.273. The zero-order valence-corrected chi connectivity index (χ0v) is 14.9. The van der Waals surface area contributed by atoms with Gasteiger partial charge in [-0.15, -0.1) is 0 Å². The second kappa shape index (κ2) is 7.59. The Kier molecular flexibility index (Phi) is 4.84.